The lowest BCUT2D eigenvalue weighted by Crippen LogP contribution is -2.20. The van der Waals surface area contributed by atoms with Crippen molar-refractivity contribution in [3.8, 4) is 11.5 Å². The number of nitrogens with zero attached hydrogens (tertiary/aromatic N) is 1. The lowest BCUT2D eigenvalue weighted by atomic mass is 10.1. The van der Waals surface area contributed by atoms with Crippen molar-refractivity contribution in [2.45, 2.75) is 26.3 Å². The molecule has 21 heavy (non-hydrogen) atoms. The van der Waals surface area contributed by atoms with Crippen LogP contribution in [-0.4, -0.2) is 11.5 Å². The van der Waals surface area contributed by atoms with Gasteiger partial charge in [-0.15, -0.1) is 0 Å². The van der Waals surface area contributed by atoms with E-state index in [4.69, 9.17) is 16.3 Å². The number of pyridine rings is 1. The quantitative estimate of drug-likeness (QED) is 0.745. The number of nitrogens with one attached hydrogen (secondary N) is 1. The number of ether oxygens (including phenoxy) is 1. The van der Waals surface area contributed by atoms with Gasteiger partial charge in [0.15, 0.2) is 0 Å². The number of hydrogen-bond donors (Lipinski definition) is 1. The molecule has 3 nitrogen and oxygen atoms in total. The molecule has 1 aromatic carbocycles. The van der Waals surface area contributed by atoms with Gasteiger partial charge in [-0.3, -0.25) is 4.98 Å². The number of halogens is 2. The Kier molecular flexibility index (Phi) is 6.03. The Bertz CT molecular complexity index is 589. The van der Waals surface area contributed by atoms with Crippen molar-refractivity contribution < 1.29 is 4.74 Å². The summed E-state index contributed by atoms with van der Waals surface area (Å²) in [7, 11) is 0. The summed E-state index contributed by atoms with van der Waals surface area (Å²) in [5.74, 6) is 1.42. The first-order valence-corrected chi connectivity index (χ1v) is 8.13. The fourth-order valence-electron chi connectivity index (χ4n) is 2.05. The molecule has 0 aliphatic rings. The van der Waals surface area contributed by atoms with Gasteiger partial charge in [0.1, 0.15) is 11.5 Å². The maximum Gasteiger partial charge on any atom is 0.145 e. The zero-order valence-corrected chi connectivity index (χ0v) is 14.4. The Hall–Kier alpha value is -1.10. The lowest BCUT2D eigenvalue weighted by molar-refractivity contribution is 0.473. The average Bonchev–Trinajstić information content (AvgIpc) is 2.48. The van der Waals surface area contributed by atoms with E-state index in [1.807, 2.05) is 18.2 Å². The molecule has 5 heteroatoms. The maximum atomic E-state index is 5.92. The second kappa shape index (κ2) is 7.78. The van der Waals surface area contributed by atoms with E-state index in [0.717, 1.165) is 23.1 Å². The molecule has 1 unspecified atom stereocenters. The Morgan fingerprint density at radius 3 is 2.67 bits per heavy atom. The van der Waals surface area contributed by atoms with Crippen LogP contribution in [0.1, 0.15) is 32.0 Å². The summed E-state index contributed by atoms with van der Waals surface area (Å²) in [6, 6.07) is 9.64. The van der Waals surface area contributed by atoms with Gasteiger partial charge < -0.3 is 10.1 Å². The first-order valence-electron chi connectivity index (χ1n) is 6.96. The fourth-order valence-corrected chi connectivity index (χ4v) is 2.81. The van der Waals surface area contributed by atoms with Crippen molar-refractivity contribution in [3.05, 3.63) is 51.7 Å². The molecule has 1 heterocycles. The summed E-state index contributed by atoms with van der Waals surface area (Å²) in [5.41, 5.74) is 1.03. The summed E-state index contributed by atoms with van der Waals surface area (Å²) in [5, 5.41) is 4.07. The highest BCUT2D eigenvalue weighted by molar-refractivity contribution is 9.10. The third-order valence-corrected chi connectivity index (χ3v) is 3.95. The zero-order chi connectivity index (χ0) is 15.2. The molecule has 0 saturated heterocycles. The van der Waals surface area contributed by atoms with Crippen molar-refractivity contribution in [1.29, 1.82) is 0 Å². The van der Waals surface area contributed by atoms with E-state index in [0.29, 0.717) is 16.5 Å². The van der Waals surface area contributed by atoms with Gasteiger partial charge >= 0.3 is 0 Å². The van der Waals surface area contributed by atoms with Crippen LogP contribution in [0.3, 0.4) is 0 Å². The molecule has 1 aromatic heterocycles. The van der Waals surface area contributed by atoms with E-state index >= 15 is 0 Å². The van der Waals surface area contributed by atoms with Crippen LogP contribution in [0.2, 0.25) is 5.02 Å². The highest BCUT2D eigenvalue weighted by atomic mass is 79.9. The van der Waals surface area contributed by atoms with Crippen molar-refractivity contribution in [1.82, 2.24) is 10.3 Å². The molecule has 0 spiro atoms. The third kappa shape index (κ3) is 4.43. The minimum Gasteiger partial charge on any atom is -0.455 e. The van der Waals surface area contributed by atoms with E-state index in [1.165, 1.54) is 0 Å². The number of aromatic nitrogens is 1. The molecular formula is C16H18BrClN2O. The minimum atomic E-state index is 0.284. The van der Waals surface area contributed by atoms with Crippen LogP contribution in [0, 0.1) is 0 Å². The lowest BCUT2D eigenvalue weighted by Gasteiger charge is -2.15. The summed E-state index contributed by atoms with van der Waals surface area (Å²) in [6.45, 7) is 5.17. The second-order valence-electron chi connectivity index (χ2n) is 4.61. The predicted molar refractivity (Wildman–Crippen MR) is 90.2 cm³/mol. The number of hydrogen-bond acceptors (Lipinski definition) is 3. The normalized spacial score (nSPS) is 12.2. The standard InChI is InChI=1S/C16H18BrClN2O/c1-3-14(19-4-2)15-7-6-12(10-20-15)21-16-8-5-11(18)9-13(16)17/h5-10,14,19H,3-4H2,1-2H3. The number of benzene rings is 1. The van der Waals surface area contributed by atoms with E-state index in [1.54, 1.807) is 18.3 Å². The molecule has 2 rings (SSSR count). The van der Waals surface area contributed by atoms with Crippen LogP contribution in [0.4, 0.5) is 0 Å². The first kappa shape index (κ1) is 16.3. The highest BCUT2D eigenvalue weighted by Gasteiger charge is 2.10. The molecule has 0 aliphatic heterocycles. The molecule has 0 amide bonds. The molecule has 0 aliphatic carbocycles. The predicted octanol–water partition coefficient (Wildman–Crippen LogP) is 5.35. The maximum absolute atomic E-state index is 5.92. The third-order valence-electron chi connectivity index (χ3n) is 3.10. The van der Waals surface area contributed by atoms with E-state index in [2.05, 4.69) is 40.1 Å². The van der Waals surface area contributed by atoms with Crippen LogP contribution >= 0.6 is 27.5 Å². The topological polar surface area (TPSA) is 34.1 Å². The van der Waals surface area contributed by atoms with Crippen LogP contribution in [0.15, 0.2) is 41.0 Å². The van der Waals surface area contributed by atoms with Gasteiger partial charge in [-0.05, 0) is 59.2 Å². The molecule has 112 valence electrons. The van der Waals surface area contributed by atoms with Crippen molar-refractivity contribution in [2.75, 3.05) is 6.54 Å². The summed E-state index contributed by atoms with van der Waals surface area (Å²) in [4.78, 5) is 4.48. The summed E-state index contributed by atoms with van der Waals surface area (Å²) < 4.78 is 6.62. The van der Waals surface area contributed by atoms with Crippen molar-refractivity contribution in [3.63, 3.8) is 0 Å². The van der Waals surface area contributed by atoms with Gasteiger partial charge in [0, 0.05) is 11.1 Å². The largest absolute Gasteiger partial charge is 0.455 e. The van der Waals surface area contributed by atoms with E-state index < -0.39 is 0 Å². The molecule has 0 radical (unpaired) electrons. The monoisotopic (exact) mass is 368 g/mol. The molecule has 0 saturated carbocycles. The van der Waals surface area contributed by atoms with Gasteiger partial charge in [-0.1, -0.05) is 25.4 Å². The molecular weight excluding hydrogens is 352 g/mol. The van der Waals surface area contributed by atoms with Crippen molar-refractivity contribution in [2.24, 2.45) is 0 Å². The number of rotatable bonds is 6. The van der Waals surface area contributed by atoms with E-state index in [-0.39, 0.29) is 6.04 Å². The van der Waals surface area contributed by atoms with Gasteiger partial charge in [0.2, 0.25) is 0 Å². The van der Waals surface area contributed by atoms with Crippen molar-refractivity contribution >= 4 is 27.5 Å². The fraction of sp³-hybridized carbons (Fsp3) is 0.312. The van der Waals surface area contributed by atoms with Crippen LogP contribution in [0.25, 0.3) is 0 Å². The van der Waals surface area contributed by atoms with Gasteiger partial charge in [0.05, 0.1) is 16.4 Å². The van der Waals surface area contributed by atoms with Crippen LogP contribution < -0.4 is 10.1 Å². The smallest absolute Gasteiger partial charge is 0.145 e. The SMILES string of the molecule is CCNC(CC)c1ccc(Oc2ccc(Cl)cc2Br)cn1. The van der Waals surface area contributed by atoms with Crippen LogP contribution in [0.5, 0.6) is 11.5 Å². The van der Waals surface area contributed by atoms with Gasteiger partial charge in [0.25, 0.3) is 0 Å². The molecule has 1 N–H and O–H groups in total. The molecule has 0 fully saturated rings. The minimum absolute atomic E-state index is 0.284. The van der Waals surface area contributed by atoms with Gasteiger partial charge in [-0.2, -0.15) is 0 Å². The Labute approximate surface area is 138 Å². The second-order valence-corrected chi connectivity index (χ2v) is 5.90. The summed E-state index contributed by atoms with van der Waals surface area (Å²) in [6.07, 6.45) is 2.75. The Morgan fingerprint density at radius 1 is 1.29 bits per heavy atom. The average molecular weight is 370 g/mol. The zero-order valence-electron chi connectivity index (χ0n) is 12.1. The van der Waals surface area contributed by atoms with Crippen LogP contribution in [-0.2, 0) is 0 Å². The first-order chi connectivity index (χ1) is 10.1. The molecule has 0 bridgehead atoms. The summed E-state index contributed by atoms with van der Waals surface area (Å²) >= 11 is 9.35. The van der Waals surface area contributed by atoms with E-state index in [9.17, 15) is 0 Å². The highest BCUT2D eigenvalue weighted by Crippen LogP contribution is 2.31. The Balaban J connectivity index is 2.11. The Morgan fingerprint density at radius 2 is 2.10 bits per heavy atom. The molecule has 2 aromatic rings. The molecule has 1 atom stereocenters. The van der Waals surface area contributed by atoms with Gasteiger partial charge in [-0.25, -0.2) is 0 Å².